The van der Waals surface area contributed by atoms with Crippen molar-refractivity contribution in [2.45, 2.75) is 52.1 Å². The molecule has 0 radical (unpaired) electrons. The van der Waals surface area contributed by atoms with Gasteiger partial charge in [0.25, 0.3) is 0 Å². The summed E-state index contributed by atoms with van der Waals surface area (Å²) in [7, 11) is 1.35. The molecule has 2 aromatic rings. The van der Waals surface area contributed by atoms with Crippen molar-refractivity contribution < 1.29 is 19.6 Å². The van der Waals surface area contributed by atoms with Crippen LogP contribution < -0.4 is 5.32 Å². The van der Waals surface area contributed by atoms with Gasteiger partial charge in [0.05, 0.1) is 18.4 Å². The number of hydrogen-bond acceptors (Lipinski definition) is 3. The molecule has 0 unspecified atom stereocenters. The number of benzene rings is 1. The molecule has 3 rings (SSSR count). The molecule has 5 heteroatoms. The smallest absolute Gasteiger partial charge is 0.339 e. The highest BCUT2D eigenvalue weighted by Gasteiger charge is 2.31. The lowest BCUT2D eigenvalue weighted by molar-refractivity contribution is -0.713. The van der Waals surface area contributed by atoms with Crippen molar-refractivity contribution in [3.05, 3.63) is 57.9 Å². The van der Waals surface area contributed by atoms with Gasteiger partial charge in [-0.25, -0.2) is 4.79 Å². The van der Waals surface area contributed by atoms with Gasteiger partial charge in [-0.3, -0.25) is 4.79 Å². The van der Waals surface area contributed by atoms with E-state index in [9.17, 15) is 9.59 Å². The van der Waals surface area contributed by atoms with Gasteiger partial charge in [0, 0.05) is 17.7 Å². The third kappa shape index (κ3) is 3.31. The first kappa shape index (κ1) is 18.4. The number of aromatic amines is 1. The highest BCUT2D eigenvalue weighted by Crippen LogP contribution is 2.27. The quantitative estimate of drug-likeness (QED) is 0.639. The van der Waals surface area contributed by atoms with Gasteiger partial charge in [-0.1, -0.05) is 24.3 Å². The number of aromatic nitrogens is 1. The Hall–Kier alpha value is -2.40. The first-order valence-corrected chi connectivity index (χ1v) is 9.18. The molecule has 0 amide bonds. The Morgan fingerprint density at radius 3 is 2.73 bits per heavy atom. The molecule has 1 aromatic heterocycles. The number of carbonyl (C=O) groups is 2. The topological polar surface area (TPSA) is 75.8 Å². The van der Waals surface area contributed by atoms with E-state index in [-0.39, 0.29) is 11.8 Å². The number of ether oxygens (including phenoxy) is 1. The normalized spacial score (nSPS) is 17.5. The summed E-state index contributed by atoms with van der Waals surface area (Å²) in [5, 5.41) is 2.16. The van der Waals surface area contributed by atoms with Gasteiger partial charge in [0.2, 0.25) is 5.78 Å². The number of aryl methyl sites for hydroxylation is 2. The summed E-state index contributed by atoms with van der Waals surface area (Å²) < 4.78 is 4.83. The number of rotatable bonds is 5. The molecule has 0 bridgehead atoms. The van der Waals surface area contributed by atoms with E-state index in [1.165, 1.54) is 18.2 Å². The summed E-state index contributed by atoms with van der Waals surface area (Å²) in [4.78, 5) is 28.1. The molecule has 0 fully saturated rings. The van der Waals surface area contributed by atoms with Crippen LogP contribution in [0.5, 0.6) is 0 Å². The number of ketones is 1. The number of nitrogens with two attached hydrogens (primary N) is 1. The second-order valence-corrected chi connectivity index (χ2v) is 7.16. The van der Waals surface area contributed by atoms with Crippen LogP contribution in [0.3, 0.4) is 0 Å². The average molecular weight is 355 g/mol. The molecule has 1 aromatic carbocycles. The summed E-state index contributed by atoms with van der Waals surface area (Å²) in [6.45, 7) is 5.53. The van der Waals surface area contributed by atoms with E-state index >= 15 is 0 Å². The fourth-order valence-corrected chi connectivity index (χ4v) is 4.06. The van der Waals surface area contributed by atoms with Crippen molar-refractivity contribution >= 4 is 11.8 Å². The zero-order valence-electron chi connectivity index (χ0n) is 15.9. The molecule has 0 aliphatic heterocycles. The lowest BCUT2D eigenvalue weighted by Gasteiger charge is -2.25. The Morgan fingerprint density at radius 1 is 1.27 bits per heavy atom. The van der Waals surface area contributed by atoms with E-state index < -0.39 is 5.97 Å². The van der Waals surface area contributed by atoms with E-state index in [0.29, 0.717) is 28.6 Å². The van der Waals surface area contributed by atoms with Crippen molar-refractivity contribution in [1.82, 2.24) is 4.98 Å². The summed E-state index contributed by atoms with van der Waals surface area (Å²) in [5.74, 6) is -0.392. The summed E-state index contributed by atoms with van der Waals surface area (Å²) >= 11 is 0. The Labute approximate surface area is 154 Å². The van der Waals surface area contributed by atoms with Gasteiger partial charge >= 0.3 is 5.97 Å². The first-order valence-electron chi connectivity index (χ1n) is 9.18. The molecular formula is C21H27N2O3+. The number of hydrogen-bond donors (Lipinski definition) is 2. The Kier molecular flexibility index (Phi) is 5.28. The van der Waals surface area contributed by atoms with Crippen LogP contribution in [0.2, 0.25) is 0 Å². The number of carbonyl (C=O) groups excluding carboxylic acids is 2. The van der Waals surface area contributed by atoms with Crippen LogP contribution in [0.25, 0.3) is 0 Å². The van der Waals surface area contributed by atoms with Gasteiger partial charge in [-0.2, -0.15) is 0 Å². The molecule has 3 N–H and O–H groups in total. The van der Waals surface area contributed by atoms with Crippen molar-refractivity contribution in [2.75, 3.05) is 7.11 Å². The van der Waals surface area contributed by atoms with Crippen LogP contribution in [-0.2, 0) is 11.2 Å². The van der Waals surface area contributed by atoms with Crippen LogP contribution in [0.1, 0.15) is 69.0 Å². The summed E-state index contributed by atoms with van der Waals surface area (Å²) in [6.07, 6.45) is 3.33. The number of esters is 1. The highest BCUT2D eigenvalue weighted by atomic mass is 16.5. The minimum atomic E-state index is -0.409. The minimum absolute atomic E-state index is 0.0174. The highest BCUT2D eigenvalue weighted by molar-refractivity contribution is 6.03. The van der Waals surface area contributed by atoms with Gasteiger partial charge in [-0.05, 0) is 44.7 Å². The maximum Gasteiger partial charge on any atom is 0.339 e. The van der Waals surface area contributed by atoms with E-state index in [2.05, 4.69) is 34.6 Å². The largest absolute Gasteiger partial charge is 0.465 e. The minimum Gasteiger partial charge on any atom is -0.465 e. The number of methoxy groups -OCH3 is 1. The standard InChI is InChI=1S/C21H26N2O3/c1-12-18(21(25)26-4)13(2)23-19(12)20(24)14(3)22-17-11-7-9-15-8-5-6-10-16(15)17/h5-6,8,10,14,17,22-23H,7,9,11H2,1-4H3/p+1/t14-,17+/m0/s1. The maximum absolute atomic E-state index is 13.0. The number of fused-ring (bicyclic) bond motifs is 1. The van der Waals surface area contributed by atoms with Crippen molar-refractivity contribution in [3.8, 4) is 0 Å². The lowest BCUT2D eigenvalue weighted by Crippen LogP contribution is -2.92. The number of quaternary nitrogens is 1. The maximum atomic E-state index is 13.0. The Bertz CT molecular complexity index is 838. The molecule has 0 spiro atoms. The van der Waals surface area contributed by atoms with E-state index in [1.54, 1.807) is 13.8 Å². The predicted octanol–water partition coefficient (Wildman–Crippen LogP) is 2.63. The van der Waals surface area contributed by atoms with Gasteiger partial charge in [0.15, 0.2) is 0 Å². The van der Waals surface area contributed by atoms with Crippen LogP contribution in [0.4, 0.5) is 0 Å². The Morgan fingerprint density at radius 2 is 2.00 bits per heavy atom. The first-order chi connectivity index (χ1) is 12.4. The van der Waals surface area contributed by atoms with Crippen LogP contribution >= 0.6 is 0 Å². The summed E-state index contributed by atoms with van der Waals surface area (Å²) in [5.41, 5.74) is 5.05. The molecule has 1 heterocycles. The zero-order valence-corrected chi connectivity index (χ0v) is 15.9. The monoisotopic (exact) mass is 355 g/mol. The van der Waals surface area contributed by atoms with E-state index in [0.717, 1.165) is 19.3 Å². The number of H-pyrrole nitrogens is 1. The molecule has 26 heavy (non-hydrogen) atoms. The zero-order chi connectivity index (χ0) is 18.8. The van der Waals surface area contributed by atoms with Crippen molar-refractivity contribution in [1.29, 1.82) is 0 Å². The average Bonchev–Trinajstić information content (AvgIpc) is 2.95. The summed E-state index contributed by atoms with van der Waals surface area (Å²) in [6, 6.07) is 8.58. The third-order valence-corrected chi connectivity index (χ3v) is 5.42. The molecule has 2 atom stereocenters. The Balaban J connectivity index is 1.81. The fourth-order valence-electron chi connectivity index (χ4n) is 4.06. The van der Waals surface area contributed by atoms with Crippen LogP contribution in [0.15, 0.2) is 24.3 Å². The van der Waals surface area contributed by atoms with Crippen LogP contribution in [-0.4, -0.2) is 29.9 Å². The lowest BCUT2D eigenvalue weighted by atomic mass is 9.87. The second-order valence-electron chi connectivity index (χ2n) is 7.16. The SMILES string of the molecule is COC(=O)c1c(C)[nH]c(C(=O)[C@H](C)[NH2+][C@@H]2CCCc3ccccc32)c1C. The number of Topliss-reactive ketones (excluding diaryl/α,β-unsaturated/α-hetero) is 1. The fraction of sp³-hybridized carbons (Fsp3) is 0.429. The predicted molar refractivity (Wildman–Crippen MR) is 99.4 cm³/mol. The van der Waals surface area contributed by atoms with Gasteiger partial charge in [0.1, 0.15) is 12.1 Å². The van der Waals surface area contributed by atoms with Crippen molar-refractivity contribution in [3.63, 3.8) is 0 Å². The molecule has 138 valence electrons. The molecule has 0 saturated carbocycles. The molecule has 0 saturated heterocycles. The van der Waals surface area contributed by atoms with Gasteiger partial charge < -0.3 is 15.0 Å². The molecule has 1 aliphatic rings. The number of nitrogens with one attached hydrogen (secondary N) is 1. The third-order valence-electron chi connectivity index (χ3n) is 5.42. The van der Waals surface area contributed by atoms with Crippen LogP contribution in [0, 0.1) is 13.8 Å². The van der Waals surface area contributed by atoms with E-state index in [1.807, 2.05) is 6.92 Å². The molecule has 5 nitrogen and oxygen atoms in total. The van der Waals surface area contributed by atoms with E-state index in [4.69, 9.17) is 4.74 Å². The second kappa shape index (κ2) is 7.46. The molecule has 1 aliphatic carbocycles. The van der Waals surface area contributed by atoms with Crippen molar-refractivity contribution in [2.24, 2.45) is 0 Å². The van der Waals surface area contributed by atoms with Gasteiger partial charge in [-0.15, -0.1) is 0 Å². The molecular weight excluding hydrogens is 328 g/mol.